The summed E-state index contributed by atoms with van der Waals surface area (Å²) in [6.45, 7) is 1.56. The third-order valence-electron chi connectivity index (χ3n) is 3.91. The van der Waals surface area contributed by atoms with Gasteiger partial charge in [0.15, 0.2) is 6.61 Å². The molecule has 0 radical (unpaired) electrons. The minimum Gasteiger partial charge on any atom is -0.484 e. The number of carbonyl (C=O) groups excluding carboxylic acids is 2. The highest BCUT2D eigenvalue weighted by molar-refractivity contribution is 5.83. The Labute approximate surface area is 156 Å². The molecule has 0 spiro atoms. The minimum atomic E-state index is -0.549. The van der Waals surface area contributed by atoms with Crippen LogP contribution in [0.5, 0.6) is 5.75 Å². The number of methoxy groups -OCH3 is 1. The summed E-state index contributed by atoms with van der Waals surface area (Å²) in [5, 5.41) is 10.8. The fourth-order valence-electron chi connectivity index (χ4n) is 2.37. The maximum atomic E-state index is 12.6. The summed E-state index contributed by atoms with van der Waals surface area (Å²) in [5.41, 5.74) is 1.75. The topological polar surface area (TPSA) is 99.0 Å². The van der Waals surface area contributed by atoms with E-state index in [-0.39, 0.29) is 31.1 Å². The number of carbonyl (C=O) groups is 2. The Morgan fingerprint density at radius 3 is 2.56 bits per heavy atom. The molecule has 0 saturated carbocycles. The molecule has 0 aliphatic rings. The number of nitro benzene ring substituents is 1. The van der Waals surface area contributed by atoms with Gasteiger partial charge in [-0.25, -0.2) is 0 Å². The van der Waals surface area contributed by atoms with Gasteiger partial charge in [-0.3, -0.25) is 19.7 Å². The highest BCUT2D eigenvalue weighted by Crippen LogP contribution is 2.19. The maximum Gasteiger partial charge on any atom is 0.325 e. The van der Waals surface area contributed by atoms with Gasteiger partial charge in [-0.15, -0.1) is 0 Å². The van der Waals surface area contributed by atoms with Crippen molar-refractivity contribution in [1.29, 1.82) is 0 Å². The smallest absolute Gasteiger partial charge is 0.325 e. The van der Waals surface area contributed by atoms with Crippen molar-refractivity contribution in [3.05, 3.63) is 69.8 Å². The molecule has 0 atom stereocenters. The molecular weight excluding hydrogens is 352 g/mol. The number of aryl methyl sites for hydroxylation is 1. The molecule has 0 unspecified atom stereocenters. The predicted octanol–water partition coefficient (Wildman–Crippen LogP) is 2.48. The molecule has 0 N–H and O–H groups in total. The van der Waals surface area contributed by atoms with Crippen LogP contribution in [0.1, 0.15) is 11.1 Å². The van der Waals surface area contributed by atoms with Gasteiger partial charge in [0.2, 0.25) is 0 Å². The van der Waals surface area contributed by atoms with Crippen LogP contribution in [0, 0.1) is 17.0 Å². The molecular formula is C19H20N2O6. The van der Waals surface area contributed by atoms with Crippen LogP contribution in [0.4, 0.5) is 5.69 Å². The fraction of sp³-hybridized carbons (Fsp3) is 0.263. The zero-order valence-electron chi connectivity index (χ0n) is 15.1. The lowest BCUT2D eigenvalue weighted by atomic mass is 10.1. The molecule has 27 heavy (non-hydrogen) atoms. The third kappa shape index (κ3) is 5.81. The first-order valence-electron chi connectivity index (χ1n) is 8.17. The number of esters is 1. The molecule has 142 valence electrons. The second-order valence-electron chi connectivity index (χ2n) is 5.80. The van der Waals surface area contributed by atoms with Gasteiger partial charge in [0, 0.05) is 12.6 Å². The van der Waals surface area contributed by atoms with E-state index in [1.165, 1.54) is 36.3 Å². The molecule has 0 saturated heterocycles. The van der Waals surface area contributed by atoms with Crippen LogP contribution in [-0.2, 0) is 20.9 Å². The summed E-state index contributed by atoms with van der Waals surface area (Å²) in [6.07, 6.45) is 0. The SMILES string of the molecule is COC(=O)CN(Cc1ccccc1C)C(=O)COc1cccc([N+](=O)[O-])c1. The zero-order chi connectivity index (χ0) is 19.8. The van der Waals surface area contributed by atoms with Gasteiger partial charge >= 0.3 is 5.97 Å². The molecule has 0 aliphatic heterocycles. The average molecular weight is 372 g/mol. The van der Waals surface area contributed by atoms with Crippen molar-refractivity contribution >= 4 is 17.6 Å². The minimum absolute atomic E-state index is 0.133. The molecule has 2 aromatic rings. The Morgan fingerprint density at radius 1 is 1.15 bits per heavy atom. The van der Waals surface area contributed by atoms with E-state index in [9.17, 15) is 19.7 Å². The van der Waals surface area contributed by atoms with Crippen molar-refractivity contribution in [2.75, 3.05) is 20.3 Å². The number of nitro groups is 1. The molecule has 0 fully saturated rings. The Hall–Kier alpha value is -3.42. The lowest BCUT2D eigenvalue weighted by Crippen LogP contribution is -2.38. The molecule has 2 aromatic carbocycles. The van der Waals surface area contributed by atoms with Crippen molar-refractivity contribution in [2.24, 2.45) is 0 Å². The molecule has 0 heterocycles. The van der Waals surface area contributed by atoms with Gasteiger partial charge in [-0.05, 0) is 24.1 Å². The monoisotopic (exact) mass is 372 g/mol. The standard InChI is InChI=1S/C19H20N2O6/c1-14-6-3-4-7-15(14)11-20(12-19(23)26-2)18(22)13-27-17-9-5-8-16(10-17)21(24)25/h3-10H,11-13H2,1-2H3. The summed E-state index contributed by atoms with van der Waals surface area (Å²) in [5.74, 6) is -0.783. The highest BCUT2D eigenvalue weighted by Gasteiger charge is 2.19. The second-order valence-corrected chi connectivity index (χ2v) is 5.80. The van der Waals surface area contributed by atoms with Crippen LogP contribution in [0.2, 0.25) is 0 Å². The Bertz CT molecular complexity index is 836. The van der Waals surface area contributed by atoms with Crippen LogP contribution in [0.15, 0.2) is 48.5 Å². The van der Waals surface area contributed by atoms with E-state index in [4.69, 9.17) is 4.74 Å². The average Bonchev–Trinajstić information content (AvgIpc) is 2.67. The molecule has 2 rings (SSSR count). The van der Waals surface area contributed by atoms with E-state index in [1.807, 2.05) is 31.2 Å². The van der Waals surface area contributed by atoms with Crippen LogP contribution < -0.4 is 4.74 Å². The van der Waals surface area contributed by atoms with Gasteiger partial charge in [0.05, 0.1) is 18.1 Å². The van der Waals surface area contributed by atoms with Crippen LogP contribution in [-0.4, -0.2) is 42.0 Å². The molecule has 0 aliphatic carbocycles. The number of benzene rings is 2. The van der Waals surface area contributed by atoms with E-state index in [1.54, 1.807) is 0 Å². The number of amides is 1. The second kappa shape index (κ2) is 9.33. The van der Waals surface area contributed by atoms with Gasteiger partial charge in [0.1, 0.15) is 12.3 Å². The molecule has 8 heteroatoms. The van der Waals surface area contributed by atoms with E-state index in [0.29, 0.717) is 0 Å². The van der Waals surface area contributed by atoms with Crippen molar-refractivity contribution in [3.63, 3.8) is 0 Å². The molecule has 0 aromatic heterocycles. The van der Waals surface area contributed by atoms with Crippen LogP contribution in [0.25, 0.3) is 0 Å². The quantitative estimate of drug-likeness (QED) is 0.401. The molecule has 1 amide bonds. The summed E-state index contributed by atoms with van der Waals surface area (Å²) in [6, 6.07) is 13.1. The van der Waals surface area contributed by atoms with Gasteiger partial charge in [-0.2, -0.15) is 0 Å². The Morgan fingerprint density at radius 2 is 1.89 bits per heavy atom. The van der Waals surface area contributed by atoms with Crippen molar-refractivity contribution < 1.29 is 24.0 Å². The lowest BCUT2D eigenvalue weighted by molar-refractivity contribution is -0.384. The number of rotatable bonds is 8. The van der Waals surface area contributed by atoms with Crippen LogP contribution in [0.3, 0.4) is 0 Å². The normalized spacial score (nSPS) is 10.1. The van der Waals surface area contributed by atoms with Crippen molar-refractivity contribution in [2.45, 2.75) is 13.5 Å². The van der Waals surface area contributed by atoms with Crippen molar-refractivity contribution in [3.8, 4) is 5.75 Å². The third-order valence-corrected chi connectivity index (χ3v) is 3.91. The zero-order valence-corrected chi connectivity index (χ0v) is 15.1. The number of hydrogen-bond acceptors (Lipinski definition) is 6. The van der Waals surface area contributed by atoms with Crippen molar-refractivity contribution in [1.82, 2.24) is 4.90 Å². The predicted molar refractivity (Wildman–Crippen MR) is 97.2 cm³/mol. The first kappa shape index (κ1) is 19.9. The number of non-ortho nitro benzene ring substituents is 1. The number of nitrogens with zero attached hydrogens (tertiary/aromatic N) is 2. The van der Waals surface area contributed by atoms with E-state index in [2.05, 4.69) is 4.74 Å². The first-order valence-corrected chi connectivity index (χ1v) is 8.17. The summed E-state index contributed by atoms with van der Waals surface area (Å²) < 4.78 is 10.0. The summed E-state index contributed by atoms with van der Waals surface area (Å²) in [7, 11) is 1.25. The summed E-state index contributed by atoms with van der Waals surface area (Å²) in [4.78, 5) is 35.8. The number of hydrogen-bond donors (Lipinski definition) is 0. The number of ether oxygens (including phenoxy) is 2. The van der Waals surface area contributed by atoms with Gasteiger partial charge in [-0.1, -0.05) is 30.3 Å². The highest BCUT2D eigenvalue weighted by atomic mass is 16.6. The van der Waals surface area contributed by atoms with Gasteiger partial charge < -0.3 is 14.4 Å². The van der Waals surface area contributed by atoms with Gasteiger partial charge in [0.25, 0.3) is 11.6 Å². The maximum absolute atomic E-state index is 12.6. The molecule has 8 nitrogen and oxygen atoms in total. The molecule has 0 bridgehead atoms. The van der Waals surface area contributed by atoms with E-state index in [0.717, 1.165) is 11.1 Å². The largest absolute Gasteiger partial charge is 0.484 e. The van der Waals surface area contributed by atoms with Crippen LogP contribution >= 0.6 is 0 Å². The Kier molecular flexibility index (Phi) is 6.87. The Balaban J connectivity index is 2.09. The van der Waals surface area contributed by atoms with E-state index < -0.39 is 16.8 Å². The lowest BCUT2D eigenvalue weighted by Gasteiger charge is -2.22. The van der Waals surface area contributed by atoms with E-state index >= 15 is 0 Å². The fourth-order valence-corrected chi connectivity index (χ4v) is 2.37. The first-order chi connectivity index (χ1) is 12.9. The summed E-state index contributed by atoms with van der Waals surface area (Å²) >= 11 is 0.